The molecule has 2 heterocycles. The van der Waals surface area contributed by atoms with Gasteiger partial charge < -0.3 is 15.2 Å². The summed E-state index contributed by atoms with van der Waals surface area (Å²) >= 11 is 0. The minimum Gasteiger partial charge on any atom is -0.461 e. The van der Waals surface area contributed by atoms with E-state index in [1.807, 2.05) is 30.3 Å². The Kier molecular flexibility index (Phi) is 7.96. The monoisotopic (exact) mass is 490 g/mol. The van der Waals surface area contributed by atoms with Gasteiger partial charge in [0, 0.05) is 25.4 Å². The summed E-state index contributed by atoms with van der Waals surface area (Å²) in [6, 6.07) is 12.2. The van der Waals surface area contributed by atoms with E-state index < -0.39 is 5.60 Å². The van der Waals surface area contributed by atoms with Gasteiger partial charge in [0.2, 0.25) is 6.33 Å². The first-order valence-corrected chi connectivity index (χ1v) is 13.0. The highest BCUT2D eigenvalue weighted by Crippen LogP contribution is 2.39. The maximum atomic E-state index is 12.6. The van der Waals surface area contributed by atoms with Gasteiger partial charge in [-0.05, 0) is 51.7 Å². The zero-order valence-electron chi connectivity index (χ0n) is 22.3. The van der Waals surface area contributed by atoms with Crippen molar-refractivity contribution < 1.29 is 19.2 Å². The average molecular weight is 491 g/mol. The fraction of sp³-hybridized carbons (Fsp3) is 0.467. The van der Waals surface area contributed by atoms with Crippen molar-refractivity contribution in [3.05, 3.63) is 88.5 Å². The van der Waals surface area contributed by atoms with Crippen molar-refractivity contribution in [1.82, 2.24) is 9.88 Å². The largest absolute Gasteiger partial charge is 0.461 e. The molecule has 3 aromatic rings. The van der Waals surface area contributed by atoms with Gasteiger partial charge in [0.1, 0.15) is 24.1 Å². The summed E-state index contributed by atoms with van der Waals surface area (Å²) in [7, 11) is 2.00. The molecule has 6 heteroatoms. The van der Waals surface area contributed by atoms with Gasteiger partial charge in [0.05, 0.1) is 13.6 Å². The Morgan fingerprint density at radius 1 is 1.03 bits per heavy atom. The van der Waals surface area contributed by atoms with Gasteiger partial charge in [-0.2, -0.15) is 0 Å². The van der Waals surface area contributed by atoms with E-state index >= 15 is 0 Å². The number of benzene rings is 2. The number of nitrogens with zero attached hydrogens (tertiary/aromatic N) is 2. The normalized spacial score (nSPS) is 17.9. The van der Waals surface area contributed by atoms with E-state index in [1.165, 1.54) is 0 Å². The Morgan fingerprint density at radius 3 is 2.14 bits per heavy atom. The van der Waals surface area contributed by atoms with Crippen molar-refractivity contribution in [3.8, 4) is 0 Å². The van der Waals surface area contributed by atoms with Crippen molar-refractivity contribution in [3.63, 3.8) is 0 Å². The third-order valence-electron chi connectivity index (χ3n) is 7.09. The minimum atomic E-state index is -1.23. The number of hydrogen-bond donors (Lipinski definition) is 2. The summed E-state index contributed by atoms with van der Waals surface area (Å²) in [5, 5.41) is 15.9. The molecule has 1 aromatic heterocycles. The predicted octanol–water partition coefficient (Wildman–Crippen LogP) is 3.93. The van der Waals surface area contributed by atoms with Gasteiger partial charge in [0.25, 0.3) is 0 Å². The SMILES string of the molecule is Cc1cc(C)cc(C(O)(c2cc(C)cc(C)c2)[C@@H]2C[C@@H](OC(=O)CCCCn3cc[n+](C)c3)CN2)c1. The number of unbranched alkanes of at least 4 members (excludes halogenated alkanes) is 1. The molecule has 0 spiro atoms. The zero-order valence-corrected chi connectivity index (χ0v) is 22.3. The van der Waals surface area contributed by atoms with Crippen LogP contribution in [0.4, 0.5) is 0 Å². The number of carbonyl (C=O) groups excluding carboxylic acids is 1. The van der Waals surface area contributed by atoms with Gasteiger partial charge in [-0.3, -0.25) is 4.79 Å². The molecular weight excluding hydrogens is 450 g/mol. The lowest BCUT2D eigenvalue weighted by Crippen LogP contribution is -2.46. The fourth-order valence-electron chi connectivity index (χ4n) is 5.51. The molecule has 0 radical (unpaired) electrons. The molecule has 1 fully saturated rings. The van der Waals surface area contributed by atoms with Gasteiger partial charge in [-0.1, -0.05) is 58.7 Å². The number of ether oxygens (including phenoxy) is 1. The van der Waals surface area contributed by atoms with Crippen LogP contribution >= 0.6 is 0 Å². The molecule has 0 amide bonds. The molecule has 1 saturated heterocycles. The number of esters is 1. The molecule has 1 aliphatic heterocycles. The number of nitrogens with one attached hydrogen (secondary N) is 1. The molecule has 4 rings (SSSR count). The Balaban J connectivity index is 1.44. The molecule has 2 N–H and O–H groups in total. The first kappa shape index (κ1) is 26.1. The standard InChI is InChI=1S/C30H40N3O3/c1-21-12-22(2)15-25(14-21)30(35,26-16-23(3)13-24(4)17-26)28-18-27(19-31-28)36-29(34)8-6-7-9-33-11-10-32(5)20-33/h10-17,20,27-28,31,35H,6-9,18-19H2,1-5H3/q+1/t27-,28+/m1/s1. The quantitative estimate of drug-likeness (QED) is 0.271. The molecule has 192 valence electrons. The van der Waals surface area contributed by atoms with Crippen LogP contribution in [-0.2, 0) is 28.7 Å². The highest BCUT2D eigenvalue weighted by atomic mass is 16.5. The van der Waals surface area contributed by atoms with Crippen molar-refractivity contribution in [2.75, 3.05) is 6.54 Å². The molecule has 6 nitrogen and oxygen atoms in total. The second kappa shape index (κ2) is 11.0. The van der Waals surface area contributed by atoms with Crippen LogP contribution in [0.2, 0.25) is 0 Å². The third kappa shape index (κ3) is 6.05. The van der Waals surface area contributed by atoms with Crippen LogP contribution in [0, 0.1) is 27.7 Å². The van der Waals surface area contributed by atoms with Gasteiger partial charge in [0.15, 0.2) is 0 Å². The van der Waals surface area contributed by atoms with Crippen LogP contribution in [0.1, 0.15) is 59.1 Å². The van der Waals surface area contributed by atoms with Gasteiger partial charge in [-0.15, -0.1) is 0 Å². The molecule has 0 bridgehead atoms. The van der Waals surface area contributed by atoms with Crippen LogP contribution in [0.3, 0.4) is 0 Å². The number of aromatic nitrogens is 2. The highest BCUT2D eigenvalue weighted by molar-refractivity contribution is 5.69. The smallest absolute Gasteiger partial charge is 0.306 e. The Morgan fingerprint density at radius 2 is 1.61 bits per heavy atom. The number of aliphatic hydroxyl groups is 1. The van der Waals surface area contributed by atoms with E-state index in [9.17, 15) is 9.90 Å². The van der Waals surface area contributed by atoms with E-state index in [4.69, 9.17) is 4.74 Å². The lowest BCUT2D eigenvalue weighted by atomic mass is 9.77. The summed E-state index contributed by atoms with van der Waals surface area (Å²) in [4.78, 5) is 12.6. The number of hydrogen-bond acceptors (Lipinski definition) is 4. The first-order chi connectivity index (χ1) is 17.1. The molecule has 36 heavy (non-hydrogen) atoms. The van der Waals surface area contributed by atoms with E-state index in [2.05, 4.69) is 74.0 Å². The maximum Gasteiger partial charge on any atom is 0.306 e. The van der Waals surface area contributed by atoms with E-state index in [0.29, 0.717) is 19.4 Å². The molecular formula is C30H40N3O3+. The average Bonchev–Trinajstić information content (AvgIpc) is 3.44. The number of imidazole rings is 1. The van der Waals surface area contributed by atoms with Crippen molar-refractivity contribution in [1.29, 1.82) is 0 Å². The summed E-state index contributed by atoms with van der Waals surface area (Å²) in [6.07, 6.45) is 8.51. The third-order valence-corrected chi connectivity index (χ3v) is 7.09. The molecule has 0 unspecified atom stereocenters. The predicted molar refractivity (Wildman–Crippen MR) is 141 cm³/mol. The topological polar surface area (TPSA) is 67.4 Å². The van der Waals surface area contributed by atoms with Crippen molar-refractivity contribution in [2.45, 2.75) is 77.7 Å². The van der Waals surface area contributed by atoms with E-state index in [1.54, 1.807) is 0 Å². The highest BCUT2D eigenvalue weighted by Gasteiger charge is 2.45. The Bertz CT molecular complexity index is 1120. The van der Waals surface area contributed by atoms with Crippen molar-refractivity contribution >= 4 is 5.97 Å². The Labute approximate surface area is 214 Å². The summed E-state index contributed by atoms with van der Waals surface area (Å²) in [5.74, 6) is -0.165. The lowest BCUT2D eigenvalue weighted by molar-refractivity contribution is -0.671. The molecule has 0 aliphatic carbocycles. The van der Waals surface area contributed by atoms with E-state index in [0.717, 1.165) is 52.8 Å². The minimum absolute atomic E-state index is 0.165. The maximum absolute atomic E-state index is 12.6. The second-order valence-corrected chi connectivity index (χ2v) is 10.6. The Hall–Kier alpha value is -2.96. The summed E-state index contributed by atoms with van der Waals surface area (Å²) < 4.78 is 9.97. The molecule has 2 aromatic carbocycles. The zero-order chi connectivity index (χ0) is 25.9. The molecule has 1 aliphatic rings. The number of carbonyl (C=O) groups is 1. The summed E-state index contributed by atoms with van der Waals surface area (Å²) in [6.45, 7) is 9.65. The second-order valence-electron chi connectivity index (χ2n) is 10.6. The number of aryl methyl sites for hydroxylation is 6. The molecule has 0 saturated carbocycles. The van der Waals surface area contributed by atoms with Crippen molar-refractivity contribution in [2.24, 2.45) is 7.05 Å². The van der Waals surface area contributed by atoms with Crippen LogP contribution < -0.4 is 9.88 Å². The van der Waals surface area contributed by atoms with Crippen LogP contribution in [0.25, 0.3) is 0 Å². The molecule has 2 atom stereocenters. The first-order valence-electron chi connectivity index (χ1n) is 13.0. The number of rotatable bonds is 9. The summed E-state index contributed by atoms with van der Waals surface area (Å²) in [5.41, 5.74) is 4.96. The van der Waals surface area contributed by atoms with Crippen LogP contribution in [0.5, 0.6) is 0 Å². The lowest BCUT2D eigenvalue weighted by Gasteiger charge is -2.36. The van der Waals surface area contributed by atoms with E-state index in [-0.39, 0.29) is 18.1 Å². The fourth-order valence-corrected chi connectivity index (χ4v) is 5.51. The van der Waals surface area contributed by atoms with Crippen LogP contribution in [-0.4, -0.2) is 34.3 Å². The van der Waals surface area contributed by atoms with Gasteiger partial charge in [-0.25, -0.2) is 9.13 Å². The van der Waals surface area contributed by atoms with Crippen LogP contribution in [0.15, 0.2) is 55.1 Å². The van der Waals surface area contributed by atoms with Gasteiger partial charge >= 0.3 is 5.97 Å².